The molecule has 0 bridgehead atoms. The number of carbonyl (C=O) groups is 1. The average molecular weight is 495 g/mol. The Labute approximate surface area is 199 Å². The van der Waals surface area contributed by atoms with E-state index in [1.807, 2.05) is 0 Å². The minimum atomic E-state index is -3.87. The minimum absolute atomic E-state index is 0.0352. The lowest BCUT2D eigenvalue weighted by Gasteiger charge is -2.26. The standard InChI is InChI=1S/C23H30N2O8S/c1-15(18-7-6-16(29-2)12-20(18)30-3)24-23(26)19-13-17(14-21(31-4)22(19)32-5)34(27,28)25-8-10-33-11-9-25/h6-7,12-15H,8-11H2,1-5H3,(H,24,26). The second kappa shape index (κ2) is 10.9. The molecule has 1 atom stereocenters. The Balaban J connectivity index is 1.97. The predicted octanol–water partition coefficient (Wildman–Crippen LogP) is 2.23. The van der Waals surface area contributed by atoms with E-state index in [0.29, 0.717) is 24.7 Å². The first kappa shape index (κ1) is 25.6. The number of rotatable bonds is 9. The second-order valence-electron chi connectivity index (χ2n) is 7.53. The lowest BCUT2D eigenvalue weighted by Crippen LogP contribution is -2.40. The molecule has 2 aromatic carbocycles. The molecule has 11 heteroatoms. The molecule has 186 valence electrons. The third-order valence-electron chi connectivity index (χ3n) is 5.56. The Kier molecular flexibility index (Phi) is 8.24. The fraction of sp³-hybridized carbons (Fsp3) is 0.435. The zero-order valence-corrected chi connectivity index (χ0v) is 20.7. The number of benzene rings is 2. The summed E-state index contributed by atoms with van der Waals surface area (Å²) < 4.78 is 54.5. The van der Waals surface area contributed by atoms with Crippen LogP contribution in [0.4, 0.5) is 0 Å². The molecule has 0 aromatic heterocycles. The van der Waals surface area contributed by atoms with E-state index in [9.17, 15) is 13.2 Å². The van der Waals surface area contributed by atoms with Crippen LogP contribution in [0, 0.1) is 0 Å². The van der Waals surface area contributed by atoms with Crippen LogP contribution in [0.25, 0.3) is 0 Å². The molecule has 0 saturated carbocycles. The molecular weight excluding hydrogens is 464 g/mol. The molecule has 1 fully saturated rings. The van der Waals surface area contributed by atoms with Crippen molar-refractivity contribution in [3.63, 3.8) is 0 Å². The van der Waals surface area contributed by atoms with Gasteiger partial charge in [0, 0.05) is 30.8 Å². The minimum Gasteiger partial charge on any atom is -0.497 e. The first-order valence-electron chi connectivity index (χ1n) is 10.6. The summed E-state index contributed by atoms with van der Waals surface area (Å²) >= 11 is 0. The monoisotopic (exact) mass is 494 g/mol. The van der Waals surface area contributed by atoms with Crippen LogP contribution in [0.3, 0.4) is 0 Å². The molecule has 2 aromatic rings. The van der Waals surface area contributed by atoms with Crippen LogP contribution in [-0.2, 0) is 14.8 Å². The van der Waals surface area contributed by atoms with Crippen molar-refractivity contribution in [1.82, 2.24) is 9.62 Å². The molecule has 0 aliphatic carbocycles. The van der Waals surface area contributed by atoms with Crippen LogP contribution < -0.4 is 24.3 Å². The average Bonchev–Trinajstić information content (AvgIpc) is 2.87. The maximum Gasteiger partial charge on any atom is 0.255 e. The van der Waals surface area contributed by atoms with E-state index in [1.165, 1.54) is 37.8 Å². The number of morpholine rings is 1. The first-order valence-corrected chi connectivity index (χ1v) is 12.1. The van der Waals surface area contributed by atoms with E-state index in [1.54, 1.807) is 32.2 Å². The van der Waals surface area contributed by atoms with E-state index >= 15 is 0 Å². The molecule has 0 radical (unpaired) electrons. The van der Waals surface area contributed by atoms with Gasteiger partial charge in [0.2, 0.25) is 10.0 Å². The summed E-state index contributed by atoms with van der Waals surface area (Å²) in [5.41, 5.74) is 0.757. The molecule has 1 saturated heterocycles. The van der Waals surface area contributed by atoms with Crippen molar-refractivity contribution in [2.24, 2.45) is 0 Å². The highest BCUT2D eigenvalue weighted by Crippen LogP contribution is 2.36. The molecule has 1 amide bonds. The Hall–Kier alpha value is -3.02. The molecule has 1 aliphatic rings. The maximum absolute atomic E-state index is 13.3. The third-order valence-corrected chi connectivity index (χ3v) is 7.44. The fourth-order valence-electron chi connectivity index (χ4n) is 3.72. The van der Waals surface area contributed by atoms with Crippen LogP contribution in [0.1, 0.15) is 28.9 Å². The number of carbonyl (C=O) groups excluding carboxylic acids is 1. The van der Waals surface area contributed by atoms with Crippen molar-refractivity contribution in [3.8, 4) is 23.0 Å². The Morgan fingerprint density at radius 3 is 2.24 bits per heavy atom. The summed E-state index contributed by atoms with van der Waals surface area (Å²) in [6.45, 7) is 2.86. The number of amides is 1. The lowest BCUT2D eigenvalue weighted by atomic mass is 10.1. The Morgan fingerprint density at radius 1 is 0.971 bits per heavy atom. The largest absolute Gasteiger partial charge is 0.497 e. The van der Waals surface area contributed by atoms with Crippen molar-refractivity contribution in [2.75, 3.05) is 54.7 Å². The van der Waals surface area contributed by atoms with Gasteiger partial charge in [0.1, 0.15) is 11.5 Å². The van der Waals surface area contributed by atoms with Crippen molar-refractivity contribution >= 4 is 15.9 Å². The number of ether oxygens (including phenoxy) is 5. The van der Waals surface area contributed by atoms with Crippen molar-refractivity contribution in [1.29, 1.82) is 0 Å². The zero-order chi connectivity index (χ0) is 24.9. The summed E-state index contributed by atoms with van der Waals surface area (Å²) in [4.78, 5) is 13.3. The van der Waals surface area contributed by atoms with E-state index in [2.05, 4.69) is 5.32 Å². The quantitative estimate of drug-likeness (QED) is 0.565. The first-order chi connectivity index (χ1) is 16.3. The van der Waals surface area contributed by atoms with Crippen molar-refractivity contribution in [3.05, 3.63) is 41.5 Å². The third kappa shape index (κ3) is 5.21. The van der Waals surface area contributed by atoms with Gasteiger partial charge in [0.05, 0.1) is 58.2 Å². The van der Waals surface area contributed by atoms with Crippen molar-refractivity contribution in [2.45, 2.75) is 17.9 Å². The number of hydrogen-bond acceptors (Lipinski definition) is 8. The van der Waals surface area contributed by atoms with Crippen LogP contribution in [-0.4, -0.2) is 73.4 Å². The maximum atomic E-state index is 13.3. The number of nitrogens with zero attached hydrogens (tertiary/aromatic N) is 1. The van der Waals surface area contributed by atoms with Crippen LogP contribution in [0.5, 0.6) is 23.0 Å². The molecule has 34 heavy (non-hydrogen) atoms. The summed E-state index contributed by atoms with van der Waals surface area (Å²) in [7, 11) is 1.98. The molecule has 1 heterocycles. The van der Waals surface area contributed by atoms with Gasteiger partial charge in [-0.3, -0.25) is 4.79 Å². The van der Waals surface area contributed by atoms with Crippen LogP contribution in [0.2, 0.25) is 0 Å². The summed E-state index contributed by atoms with van der Waals surface area (Å²) in [6.07, 6.45) is 0. The molecule has 0 spiro atoms. The number of nitrogens with one attached hydrogen (secondary N) is 1. The normalized spacial score (nSPS) is 15.3. The van der Waals surface area contributed by atoms with Crippen LogP contribution in [0.15, 0.2) is 35.2 Å². The van der Waals surface area contributed by atoms with E-state index < -0.39 is 22.0 Å². The van der Waals surface area contributed by atoms with Gasteiger partial charge in [-0.25, -0.2) is 8.42 Å². The fourth-order valence-corrected chi connectivity index (χ4v) is 5.17. The van der Waals surface area contributed by atoms with E-state index in [-0.39, 0.29) is 35.0 Å². The highest BCUT2D eigenvalue weighted by molar-refractivity contribution is 7.89. The molecule has 1 aliphatic heterocycles. The van der Waals surface area contributed by atoms with E-state index in [4.69, 9.17) is 23.7 Å². The molecular formula is C23H30N2O8S. The van der Waals surface area contributed by atoms with Gasteiger partial charge in [-0.2, -0.15) is 4.31 Å². The van der Waals surface area contributed by atoms with Gasteiger partial charge in [0.15, 0.2) is 11.5 Å². The summed E-state index contributed by atoms with van der Waals surface area (Å²) in [5.74, 6) is 0.901. The summed E-state index contributed by atoms with van der Waals surface area (Å²) in [6, 6.07) is 7.47. The number of sulfonamides is 1. The Bertz CT molecular complexity index is 1130. The molecule has 10 nitrogen and oxygen atoms in total. The lowest BCUT2D eigenvalue weighted by molar-refractivity contribution is 0.0730. The molecule has 3 rings (SSSR count). The smallest absolute Gasteiger partial charge is 0.255 e. The number of methoxy groups -OCH3 is 4. The SMILES string of the molecule is COc1ccc(C(C)NC(=O)c2cc(S(=O)(=O)N3CCOCC3)cc(OC)c2OC)c(OC)c1. The topological polar surface area (TPSA) is 113 Å². The summed E-state index contributed by atoms with van der Waals surface area (Å²) in [5, 5.41) is 2.89. The predicted molar refractivity (Wildman–Crippen MR) is 125 cm³/mol. The van der Waals surface area contributed by atoms with Gasteiger partial charge >= 0.3 is 0 Å². The van der Waals surface area contributed by atoms with Gasteiger partial charge in [-0.1, -0.05) is 0 Å². The second-order valence-corrected chi connectivity index (χ2v) is 9.46. The zero-order valence-electron chi connectivity index (χ0n) is 19.9. The Morgan fingerprint density at radius 2 is 1.65 bits per heavy atom. The van der Waals surface area contributed by atoms with Gasteiger partial charge in [-0.05, 0) is 25.1 Å². The molecule has 1 unspecified atom stereocenters. The van der Waals surface area contributed by atoms with Gasteiger partial charge < -0.3 is 29.0 Å². The van der Waals surface area contributed by atoms with E-state index in [0.717, 1.165) is 5.56 Å². The highest BCUT2D eigenvalue weighted by atomic mass is 32.2. The number of hydrogen-bond donors (Lipinski definition) is 1. The van der Waals surface area contributed by atoms with Crippen molar-refractivity contribution < 1.29 is 36.9 Å². The highest BCUT2D eigenvalue weighted by Gasteiger charge is 2.30. The van der Waals surface area contributed by atoms with Gasteiger partial charge in [-0.15, -0.1) is 0 Å². The molecule has 1 N–H and O–H groups in total. The van der Waals surface area contributed by atoms with Gasteiger partial charge in [0.25, 0.3) is 5.91 Å². The van der Waals surface area contributed by atoms with Crippen LogP contribution >= 0.6 is 0 Å².